The van der Waals surface area contributed by atoms with Crippen LogP contribution in [-0.4, -0.2) is 44.1 Å². The van der Waals surface area contributed by atoms with Crippen molar-refractivity contribution in [3.8, 4) is 0 Å². The summed E-state index contributed by atoms with van der Waals surface area (Å²) < 4.78 is 0. The number of nitrogens with one attached hydrogen (secondary N) is 1. The maximum absolute atomic E-state index is 12.6. The lowest BCUT2D eigenvalue weighted by Gasteiger charge is -2.31. The fourth-order valence-corrected chi connectivity index (χ4v) is 3.97. The summed E-state index contributed by atoms with van der Waals surface area (Å²) in [5, 5.41) is 8.35. The summed E-state index contributed by atoms with van der Waals surface area (Å²) in [6, 6.07) is 5.29. The summed E-state index contributed by atoms with van der Waals surface area (Å²) in [5.41, 5.74) is 3.15. The largest absolute Gasteiger partial charge is 0.342 e. The van der Waals surface area contributed by atoms with Gasteiger partial charge in [0, 0.05) is 41.4 Å². The minimum atomic E-state index is 0.0488. The van der Waals surface area contributed by atoms with Crippen LogP contribution >= 0.6 is 23.2 Å². The van der Waals surface area contributed by atoms with Gasteiger partial charge in [0.1, 0.15) is 5.52 Å². The lowest BCUT2D eigenvalue weighted by molar-refractivity contribution is -0.131. The zero-order chi connectivity index (χ0) is 18.1. The molecule has 1 fully saturated rings. The number of H-pyrrole nitrogens is 1. The molecule has 0 bridgehead atoms. The lowest BCUT2D eigenvalue weighted by Crippen LogP contribution is -2.39. The highest BCUT2D eigenvalue weighted by molar-refractivity contribution is 6.36. The van der Waals surface area contributed by atoms with Gasteiger partial charge in [0.15, 0.2) is 5.65 Å². The zero-order valence-electron chi connectivity index (χ0n) is 14.0. The van der Waals surface area contributed by atoms with Gasteiger partial charge in [-0.15, -0.1) is 0 Å². The molecule has 134 valence electrons. The molecule has 0 spiro atoms. The fourth-order valence-electron chi connectivity index (χ4n) is 3.44. The number of hydrogen-bond donors (Lipinski definition) is 1. The van der Waals surface area contributed by atoms with Crippen molar-refractivity contribution in [1.29, 1.82) is 0 Å². The summed E-state index contributed by atoms with van der Waals surface area (Å²) in [6.45, 7) is 1.37. The summed E-state index contributed by atoms with van der Waals surface area (Å²) in [6.07, 6.45) is 5.24. The highest BCUT2D eigenvalue weighted by atomic mass is 35.5. The third-order valence-electron chi connectivity index (χ3n) is 4.86. The predicted molar refractivity (Wildman–Crippen MR) is 100 cm³/mol. The van der Waals surface area contributed by atoms with Crippen molar-refractivity contribution in [1.82, 2.24) is 25.1 Å². The Kier molecular flexibility index (Phi) is 4.78. The smallest absolute Gasteiger partial charge is 0.227 e. The summed E-state index contributed by atoms with van der Waals surface area (Å²) in [7, 11) is 0. The minimum absolute atomic E-state index is 0.0488. The first kappa shape index (κ1) is 17.2. The number of aromatic nitrogens is 4. The molecule has 3 heterocycles. The number of benzene rings is 1. The van der Waals surface area contributed by atoms with Gasteiger partial charge >= 0.3 is 0 Å². The molecule has 0 radical (unpaired) electrons. The molecule has 1 aliphatic rings. The van der Waals surface area contributed by atoms with Crippen molar-refractivity contribution in [3.63, 3.8) is 0 Å². The molecule has 8 heteroatoms. The van der Waals surface area contributed by atoms with E-state index in [-0.39, 0.29) is 12.3 Å². The molecule has 1 aromatic carbocycles. The monoisotopic (exact) mass is 389 g/mol. The number of amides is 1. The average molecular weight is 390 g/mol. The molecule has 1 aliphatic heterocycles. The van der Waals surface area contributed by atoms with Crippen LogP contribution in [0.1, 0.15) is 30.0 Å². The molecule has 3 aromatic rings. The maximum atomic E-state index is 12.6. The Morgan fingerprint density at radius 2 is 1.85 bits per heavy atom. The van der Waals surface area contributed by atoms with Crippen LogP contribution in [0.25, 0.3) is 11.2 Å². The number of carbonyl (C=O) groups is 1. The number of nitrogens with zero attached hydrogens (tertiary/aromatic N) is 4. The number of piperidine rings is 1. The molecule has 4 rings (SSSR count). The van der Waals surface area contributed by atoms with Gasteiger partial charge < -0.3 is 4.90 Å². The van der Waals surface area contributed by atoms with Crippen molar-refractivity contribution in [2.24, 2.45) is 0 Å². The molecule has 1 saturated heterocycles. The quantitative estimate of drug-likeness (QED) is 0.742. The second kappa shape index (κ2) is 7.21. The van der Waals surface area contributed by atoms with Crippen molar-refractivity contribution >= 4 is 40.3 Å². The Morgan fingerprint density at radius 1 is 1.15 bits per heavy atom. The van der Waals surface area contributed by atoms with E-state index in [1.807, 2.05) is 4.90 Å². The van der Waals surface area contributed by atoms with Gasteiger partial charge in [-0.05, 0) is 30.5 Å². The first-order valence-electron chi connectivity index (χ1n) is 8.49. The van der Waals surface area contributed by atoms with E-state index >= 15 is 0 Å². The maximum Gasteiger partial charge on any atom is 0.227 e. The SMILES string of the molecule is O=C(Cc1c(Cl)cccc1Cl)N1CCC(c2[nH]nc3nccnc23)CC1. The van der Waals surface area contributed by atoms with Crippen LogP contribution in [0.15, 0.2) is 30.6 Å². The minimum Gasteiger partial charge on any atom is -0.342 e. The van der Waals surface area contributed by atoms with Gasteiger partial charge in [-0.25, -0.2) is 9.97 Å². The van der Waals surface area contributed by atoms with Crippen molar-refractivity contribution in [3.05, 3.63) is 51.9 Å². The number of fused-ring (bicyclic) bond motifs is 1. The van der Waals surface area contributed by atoms with Crippen LogP contribution in [0.5, 0.6) is 0 Å². The summed E-state index contributed by atoms with van der Waals surface area (Å²) >= 11 is 12.4. The topological polar surface area (TPSA) is 74.8 Å². The van der Waals surface area contributed by atoms with E-state index in [1.165, 1.54) is 0 Å². The van der Waals surface area contributed by atoms with Gasteiger partial charge in [-0.1, -0.05) is 29.3 Å². The summed E-state index contributed by atoms with van der Waals surface area (Å²) in [4.78, 5) is 23.1. The van der Waals surface area contributed by atoms with Crippen LogP contribution in [0.4, 0.5) is 0 Å². The van der Waals surface area contributed by atoms with E-state index in [1.54, 1.807) is 30.6 Å². The average Bonchev–Trinajstić information content (AvgIpc) is 3.09. The Balaban J connectivity index is 1.43. The van der Waals surface area contributed by atoms with Crippen LogP contribution in [0, 0.1) is 0 Å². The second-order valence-electron chi connectivity index (χ2n) is 6.40. The summed E-state index contributed by atoms with van der Waals surface area (Å²) in [5.74, 6) is 0.345. The van der Waals surface area contributed by atoms with Gasteiger partial charge in [0.25, 0.3) is 0 Å². The highest BCUT2D eigenvalue weighted by Crippen LogP contribution is 2.31. The first-order valence-corrected chi connectivity index (χ1v) is 9.24. The van der Waals surface area contributed by atoms with E-state index in [0.717, 1.165) is 24.1 Å². The number of aromatic amines is 1. The molecular weight excluding hydrogens is 373 g/mol. The lowest BCUT2D eigenvalue weighted by atomic mass is 9.92. The first-order chi connectivity index (χ1) is 12.6. The zero-order valence-corrected chi connectivity index (χ0v) is 15.5. The third-order valence-corrected chi connectivity index (χ3v) is 5.57. The molecule has 1 N–H and O–H groups in total. The number of halogens is 2. The van der Waals surface area contributed by atoms with E-state index in [4.69, 9.17) is 23.2 Å². The number of hydrogen-bond acceptors (Lipinski definition) is 4. The van der Waals surface area contributed by atoms with Crippen LogP contribution in [-0.2, 0) is 11.2 Å². The molecule has 1 amide bonds. The van der Waals surface area contributed by atoms with Crippen LogP contribution < -0.4 is 0 Å². The third kappa shape index (κ3) is 3.27. The van der Waals surface area contributed by atoms with E-state index in [2.05, 4.69) is 20.2 Å². The van der Waals surface area contributed by atoms with Gasteiger partial charge in [0.05, 0.1) is 12.1 Å². The number of likely N-dealkylation sites (tertiary alicyclic amines) is 1. The Bertz CT molecular complexity index is 929. The second-order valence-corrected chi connectivity index (χ2v) is 7.21. The normalized spacial score (nSPS) is 15.5. The van der Waals surface area contributed by atoms with E-state index in [9.17, 15) is 4.79 Å². The van der Waals surface area contributed by atoms with E-state index < -0.39 is 0 Å². The van der Waals surface area contributed by atoms with E-state index in [0.29, 0.717) is 40.3 Å². The molecular formula is C18H17Cl2N5O. The molecule has 0 aliphatic carbocycles. The van der Waals surface area contributed by atoms with Crippen molar-refractivity contribution in [2.75, 3.05) is 13.1 Å². The van der Waals surface area contributed by atoms with Gasteiger partial charge in [0.2, 0.25) is 5.91 Å². The van der Waals surface area contributed by atoms with Crippen LogP contribution in [0.2, 0.25) is 10.0 Å². The molecule has 26 heavy (non-hydrogen) atoms. The Morgan fingerprint density at radius 3 is 2.58 bits per heavy atom. The van der Waals surface area contributed by atoms with Crippen molar-refractivity contribution < 1.29 is 4.79 Å². The fraction of sp³-hybridized carbons (Fsp3) is 0.333. The molecule has 0 atom stereocenters. The molecule has 0 saturated carbocycles. The van der Waals surface area contributed by atoms with Gasteiger partial charge in [-0.3, -0.25) is 9.89 Å². The number of carbonyl (C=O) groups excluding carboxylic acids is 1. The van der Waals surface area contributed by atoms with Crippen molar-refractivity contribution in [2.45, 2.75) is 25.2 Å². The highest BCUT2D eigenvalue weighted by Gasteiger charge is 2.27. The molecule has 0 unspecified atom stereocenters. The van der Waals surface area contributed by atoms with Gasteiger partial charge in [-0.2, -0.15) is 5.10 Å². The number of rotatable bonds is 3. The predicted octanol–water partition coefficient (Wildman–Crippen LogP) is 3.61. The molecule has 6 nitrogen and oxygen atoms in total. The molecule has 2 aromatic heterocycles. The Labute approximate surface area is 160 Å². The Hall–Kier alpha value is -2.18. The standard InChI is InChI=1S/C18H17Cl2N5O/c19-13-2-1-3-14(20)12(13)10-15(26)25-8-4-11(5-9-25)16-17-18(24-23-16)22-7-6-21-17/h1-3,6-7,11H,4-5,8-10H2,(H,22,23,24). The van der Waals surface area contributed by atoms with Crippen LogP contribution in [0.3, 0.4) is 0 Å².